The average Bonchev–Trinajstić information content (AvgIpc) is 3.02. The van der Waals surface area contributed by atoms with Crippen molar-refractivity contribution < 1.29 is 28.2 Å². The first kappa shape index (κ1) is 26.5. The van der Waals surface area contributed by atoms with Crippen molar-refractivity contribution in [3.63, 3.8) is 0 Å². The molecule has 5 nitrogen and oxygen atoms in total. The number of unbranched alkanes of at least 4 members (excludes halogenated alkanes) is 3. The van der Waals surface area contributed by atoms with E-state index in [1.807, 2.05) is 37.3 Å². The molecule has 33 heavy (non-hydrogen) atoms. The van der Waals surface area contributed by atoms with Crippen LogP contribution in [-0.2, 0) is 14.3 Å². The number of rotatable bonds is 11. The van der Waals surface area contributed by atoms with Gasteiger partial charge in [0.2, 0.25) is 0 Å². The molecule has 0 radical (unpaired) electrons. The number of carbonyl (C=O) groups excluding carboxylic acids is 2. The largest absolute Gasteiger partial charge is 0.469 e. The van der Waals surface area contributed by atoms with Crippen molar-refractivity contribution in [2.24, 2.45) is 5.92 Å². The molecule has 7 heteroatoms. The molecule has 0 aliphatic carbocycles. The summed E-state index contributed by atoms with van der Waals surface area (Å²) in [5.41, 5.74) is 0.891. The number of hydrogen-bond donors (Lipinski definition) is 1. The fourth-order valence-corrected chi connectivity index (χ4v) is 3.66. The molecule has 0 saturated carbocycles. The van der Waals surface area contributed by atoms with Gasteiger partial charge in [0.25, 0.3) is 5.91 Å². The predicted octanol–water partition coefficient (Wildman–Crippen LogP) is 4.34. The van der Waals surface area contributed by atoms with E-state index in [1.165, 1.54) is 24.2 Å². The first-order valence-corrected chi connectivity index (χ1v) is 11.4. The topological polar surface area (TPSA) is 66.8 Å². The van der Waals surface area contributed by atoms with Gasteiger partial charge in [-0.1, -0.05) is 62.0 Å². The van der Waals surface area contributed by atoms with Gasteiger partial charge in [-0.2, -0.15) is 8.78 Å². The first-order chi connectivity index (χ1) is 15.7. The first-order valence-electron chi connectivity index (χ1n) is 11.4. The van der Waals surface area contributed by atoms with Gasteiger partial charge in [0.15, 0.2) is 0 Å². The van der Waals surface area contributed by atoms with Gasteiger partial charge in [-0.05, 0) is 30.9 Å². The second-order valence-electron chi connectivity index (χ2n) is 8.44. The number of hydrogen-bond acceptors (Lipinski definition) is 4. The van der Waals surface area contributed by atoms with E-state index in [4.69, 9.17) is 0 Å². The lowest BCUT2D eigenvalue weighted by Crippen LogP contribution is -2.36. The Labute approximate surface area is 194 Å². The monoisotopic (exact) mass is 461 g/mol. The molecule has 1 unspecified atom stereocenters. The summed E-state index contributed by atoms with van der Waals surface area (Å²) in [4.78, 5) is 24.5. The van der Waals surface area contributed by atoms with Crippen molar-refractivity contribution in [2.45, 2.75) is 69.9 Å². The van der Waals surface area contributed by atoms with E-state index in [1.54, 1.807) is 0 Å². The minimum absolute atomic E-state index is 0.182. The third kappa shape index (κ3) is 8.62. The third-order valence-corrected chi connectivity index (χ3v) is 5.74. The Bertz CT molecular complexity index is 860. The van der Waals surface area contributed by atoms with Gasteiger partial charge < -0.3 is 14.7 Å². The van der Waals surface area contributed by atoms with Crippen LogP contribution in [0.2, 0.25) is 0 Å². The Kier molecular flexibility index (Phi) is 10.5. The average molecular weight is 462 g/mol. The van der Waals surface area contributed by atoms with Crippen LogP contribution in [-0.4, -0.2) is 53.6 Å². The van der Waals surface area contributed by atoms with Crippen molar-refractivity contribution in [1.29, 1.82) is 0 Å². The zero-order chi connectivity index (χ0) is 24.3. The number of esters is 1. The summed E-state index contributed by atoms with van der Waals surface area (Å²) in [6, 6.07) is 8.77. The summed E-state index contributed by atoms with van der Waals surface area (Å²) in [6.07, 6.45) is 5.08. The standard InChI is InChI=1S/C26H33F2NO4/c1-20(11-10-14-21-12-6-5-7-13-21)23(30)17-16-22-19-26(27,28)25(32)29(22)18-9-4-3-8-15-24(31)33-2/h5-7,12-13,16-17,20,22-23,30H,3-4,8-9,11,15,18-19H2,1-2H3/t20-,22?,23+/m0/s1. The highest BCUT2D eigenvalue weighted by Crippen LogP contribution is 2.34. The number of alkyl halides is 2. The van der Waals surface area contributed by atoms with Crippen LogP contribution < -0.4 is 0 Å². The number of amides is 1. The molecule has 0 bridgehead atoms. The van der Waals surface area contributed by atoms with Gasteiger partial charge in [0, 0.05) is 31.4 Å². The third-order valence-electron chi connectivity index (χ3n) is 5.74. The normalized spacial score (nSPS) is 19.2. The molecule has 1 heterocycles. The van der Waals surface area contributed by atoms with Crippen LogP contribution in [0.4, 0.5) is 8.78 Å². The molecular formula is C26H33F2NO4. The van der Waals surface area contributed by atoms with Crippen LogP contribution in [0.3, 0.4) is 0 Å². The van der Waals surface area contributed by atoms with Gasteiger partial charge in [-0.25, -0.2) is 0 Å². The van der Waals surface area contributed by atoms with Crippen molar-refractivity contribution in [3.05, 3.63) is 48.0 Å². The molecule has 1 amide bonds. The number of carbonyl (C=O) groups is 2. The van der Waals surface area contributed by atoms with Gasteiger partial charge in [-0.3, -0.25) is 9.59 Å². The Balaban J connectivity index is 1.85. The molecule has 1 aliphatic rings. The number of likely N-dealkylation sites (tertiary alicyclic amines) is 1. The van der Waals surface area contributed by atoms with Crippen LogP contribution in [0.15, 0.2) is 42.5 Å². The second-order valence-corrected chi connectivity index (χ2v) is 8.44. The number of methoxy groups -OCH3 is 1. The molecule has 0 spiro atoms. The highest BCUT2D eigenvalue weighted by Gasteiger charge is 2.52. The van der Waals surface area contributed by atoms with Crippen molar-refractivity contribution in [1.82, 2.24) is 4.90 Å². The van der Waals surface area contributed by atoms with Gasteiger partial charge >= 0.3 is 11.9 Å². The highest BCUT2D eigenvalue weighted by molar-refractivity contribution is 5.86. The second kappa shape index (κ2) is 13.1. The van der Waals surface area contributed by atoms with Crippen LogP contribution in [0.5, 0.6) is 0 Å². The summed E-state index contributed by atoms with van der Waals surface area (Å²) in [5, 5.41) is 10.4. The van der Waals surface area contributed by atoms with Crippen LogP contribution >= 0.6 is 0 Å². The van der Waals surface area contributed by atoms with Crippen LogP contribution in [0, 0.1) is 17.8 Å². The lowest BCUT2D eigenvalue weighted by molar-refractivity contribution is -0.148. The molecule has 2 rings (SSSR count). The van der Waals surface area contributed by atoms with Crippen molar-refractivity contribution in [2.75, 3.05) is 13.7 Å². The van der Waals surface area contributed by atoms with Gasteiger partial charge in [0.05, 0.1) is 19.3 Å². The van der Waals surface area contributed by atoms with E-state index in [0.29, 0.717) is 25.7 Å². The molecule has 1 aromatic carbocycles. The molecule has 1 N–H and O–H groups in total. The molecule has 1 saturated heterocycles. The molecule has 1 aromatic rings. The number of benzene rings is 1. The van der Waals surface area contributed by atoms with Crippen LogP contribution in [0.1, 0.15) is 57.4 Å². The van der Waals surface area contributed by atoms with E-state index in [9.17, 15) is 23.5 Å². The van der Waals surface area contributed by atoms with E-state index in [-0.39, 0.29) is 18.4 Å². The fraction of sp³-hybridized carbons (Fsp3) is 0.538. The fourth-order valence-electron chi connectivity index (χ4n) is 3.66. The molecular weight excluding hydrogens is 428 g/mol. The van der Waals surface area contributed by atoms with E-state index >= 15 is 0 Å². The molecule has 180 valence electrons. The molecule has 1 fully saturated rings. The Morgan fingerprint density at radius 1 is 1.27 bits per heavy atom. The lowest BCUT2D eigenvalue weighted by atomic mass is 9.99. The van der Waals surface area contributed by atoms with Gasteiger partial charge in [0.1, 0.15) is 0 Å². The summed E-state index contributed by atoms with van der Waals surface area (Å²) >= 11 is 0. The Hall–Kier alpha value is -2.72. The number of aliphatic hydroxyl groups is 1. The predicted molar refractivity (Wildman–Crippen MR) is 122 cm³/mol. The zero-order valence-corrected chi connectivity index (χ0v) is 19.3. The molecule has 3 atom stereocenters. The Morgan fingerprint density at radius 3 is 2.67 bits per heavy atom. The summed E-state index contributed by atoms with van der Waals surface area (Å²) in [7, 11) is 1.34. The quantitative estimate of drug-likeness (QED) is 0.230. The minimum Gasteiger partial charge on any atom is -0.469 e. The SMILES string of the molecule is COC(=O)CCCCCCN1C(=O)C(F)(F)CC1C=C[C@@H](O)[C@@H](C)CC#Cc1ccccc1. The van der Waals surface area contributed by atoms with E-state index < -0.39 is 30.4 Å². The van der Waals surface area contributed by atoms with Crippen LogP contribution in [0.25, 0.3) is 0 Å². The summed E-state index contributed by atoms with van der Waals surface area (Å²) in [5.74, 6) is 1.07. The van der Waals surface area contributed by atoms with Crippen molar-refractivity contribution >= 4 is 11.9 Å². The summed E-state index contributed by atoms with van der Waals surface area (Å²) in [6.45, 7) is 2.06. The number of nitrogens with zero attached hydrogens (tertiary/aromatic N) is 1. The maximum Gasteiger partial charge on any atom is 0.327 e. The zero-order valence-electron chi connectivity index (χ0n) is 19.3. The van der Waals surface area contributed by atoms with E-state index in [0.717, 1.165) is 18.4 Å². The minimum atomic E-state index is -3.39. The van der Waals surface area contributed by atoms with Crippen molar-refractivity contribution in [3.8, 4) is 11.8 Å². The molecule has 1 aliphatic heterocycles. The van der Waals surface area contributed by atoms with Gasteiger partial charge in [-0.15, -0.1) is 0 Å². The number of halogens is 2. The van der Waals surface area contributed by atoms with E-state index in [2.05, 4.69) is 16.6 Å². The maximum atomic E-state index is 14.0. The maximum absolute atomic E-state index is 14.0. The molecule has 0 aromatic heterocycles. The number of ether oxygens (including phenoxy) is 1. The Morgan fingerprint density at radius 2 is 1.97 bits per heavy atom. The number of aliphatic hydroxyl groups excluding tert-OH is 1. The summed E-state index contributed by atoms with van der Waals surface area (Å²) < 4.78 is 32.7. The smallest absolute Gasteiger partial charge is 0.327 e. The lowest BCUT2D eigenvalue weighted by Gasteiger charge is -2.22. The highest BCUT2D eigenvalue weighted by atomic mass is 19.3.